The molecule has 2 N–H and O–H groups in total. The molecule has 2 aromatic carbocycles. The van der Waals surface area contributed by atoms with Crippen LogP contribution in [0.5, 0.6) is 5.75 Å². The van der Waals surface area contributed by atoms with Crippen molar-refractivity contribution in [1.82, 2.24) is 10.0 Å². The maximum atomic E-state index is 14.4. The lowest BCUT2D eigenvalue weighted by molar-refractivity contribution is 0.0131. The number of methoxy groups -OCH3 is 1. The van der Waals surface area contributed by atoms with E-state index in [2.05, 4.69) is 43.6 Å². The van der Waals surface area contributed by atoms with E-state index in [0.29, 0.717) is 49.4 Å². The van der Waals surface area contributed by atoms with Crippen LogP contribution in [0.4, 0.5) is 10.5 Å². The summed E-state index contributed by atoms with van der Waals surface area (Å²) in [5.74, 6) is 1.32. The van der Waals surface area contributed by atoms with Crippen LogP contribution in [0.1, 0.15) is 60.5 Å². The van der Waals surface area contributed by atoms with Gasteiger partial charge in [0.2, 0.25) is 0 Å². The van der Waals surface area contributed by atoms with Crippen molar-refractivity contribution in [2.45, 2.75) is 63.0 Å². The summed E-state index contributed by atoms with van der Waals surface area (Å²) < 4.78 is 39.5. The van der Waals surface area contributed by atoms with Crippen LogP contribution in [0.15, 0.2) is 52.9 Å². The maximum Gasteiger partial charge on any atom is 0.327 e. The fraction of sp³-hybridized carbons (Fsp3) is 0.579. The minimum absolute atomic E-state index is 0.0118. The zero-order chi connectivity index (χ0) is 34.6. The molecule has 0 unspecified atom stereocenters. The zero-order valence-electron chi connectivity index (χ0n) is 28.8. The van der Waals surface area contributed by atoms with E-state index in [-0.39, 0.29) is 41.1 Å². The molecule has 3 fully saturated rings. The molecule has 9 atom stereocenters. The van der Waals surface area contributed by atoms with Crippen LogP contribution >= 0.6 is 11.6 Å². The predicted molar refractivity (Wildman–Crippen MR) is 193 cm³/mol. The molecular weight excluding hydrogens is 676 g/mol. The van der Waals surface area contributed by atoms with Crippen molar-refractivity contribution in [1.29, 1.82) is 0 Å². The normalized spacial score (nSPS) is 36.7. The van der Waals surface area contributed by atoms with Gasteiger partial charge in [0.15, 0.2) is 0 Å². The highest BCUT2D eigenvalue weighted by atomic mass is 35.5. The van der Waals surface area contributed by atoms with Gasteiger partial charge in [-0.05, 0) is 97.7 Å². The number of hydrogen-bond donors (Lipinski definition) is 2. The van der Waals surface area contributed by atoms with Crippen LogP contribution in [0.25, 0.3) is 0 Å². The first-order valence-corrected chi connectivity index (χ1v) is 20.2. The predicted octanol–water partition coefficient (Wildman–Crippen LogP) is 5.92. The third-order valence-electron chi connectivity index (χ3n) is 12.0. The number of fused-ring (bicyclic) bond motifs is 5. The fourth-order valence-electron chi connectivity index (χ4n) is 9.15. The van der Waals surface area contributed by atoms with E-state index in [1.54, 1.807) is 13.2 Å². The first-order chi connectivity index (χ1) is 24.1. The van der Waals surface area contributed by atoms with Gasteiger partial charge < -0.3 is 24.4 Å². The minimum atomic E-state index is -3.47. The molecule has 8 rings (SSSR count). The Morgan fingerprint density at radius 1 is 1.14 bits per heavy atom. The molecular formula is C38H47ClN4O6S. The number of nitrogens with one attached hydrogen (secondary N) is 2. The number of nitrogens with zero attached hydrogens (tertiary/aromatic N) is 2. The lowest BCUT2D eigenvalue weighted by Crippen LogP contribution is -2.49. The number of halogens is 1. The van der Waals surface area contributed by atoms with Crippen molar-refractivity contribution in [2.75, 3.05) is 50.7 Å². The van der Waals surface area contributed by atoms with E-state index < -0.39 is 21.9 Å². The molecule has 1 saturated heterocycles. The molecule has 3 amide bonds. The molecule has 10 nitrogen and oxygen atoms in total. The van der Waals surface area contributed by atoms with E-state index in [4.69, 9.17) is 25.8 Å². The Hall–Kier alpha value is -3.12. The maximum absolute atomic E-state index is 14.4. The number of hydrogen-bond acceptors (Lipinski definition) is 7. The molecule has 2 bridgehead atoms. The molecule has 0 aromatic heterocycles. The number of anilines is 1. The fourth-order valence-corrected chi connectivity index (χ4v) is 11.2. The van der Waals surface area contributed by atoms with Crippen molar-refractivity contribution < 1.29 is 28.0 Å². The largest absolute Gasteiger partial charge is 0.490 e. The van der Waals surface area contributed by atoms with Gasteiger partial charge in [0.05, 0.1) is 37.4 Å². The van der Waals surface area contributed by atoms with Crippen LogP contribution in [0, 0.1) is 29.6 Å². The van der Waals surface area contributed by atoms with Gasteiger partial charge in [-0.3, -0.25) is 9.52 Å². The Morgan fingerprint density at radius 2 is 1.98 bits per heavy atom. The van der Waals surface area contributed by atoms with E-state index >= 15 is 0 Å². The minimum Gasteiger partial charge on any atom is -0.490 e. The number of aryl methyl sites for hydroxylation is 1. The number of allylic oxidation sites excluding steroid dienone is 1. The number of carbonyl (C=O) groups is 2. The molecule has 6 aliphatic rings. The van der Waals surface area contributed by atoms with Crippen LogP contribution in [-0.4, -0.2) is 74.1 Å². The quantitative estimate of drug-likeness (QED) is 0.378. The van der Waals surface area contributed by atoms with Gasteiger partial charge in [0.25, 0.3) is 5.91 Å². The third kappa shape index (κ3) is 6.55. The van der Waals surface area contributed by atoms with Crippen molar-refractivity contribution in [3.8, 4) is 5.75 Å². The van der Waals surface area contributed by atoms with E-state index in [9.17, 15) is 13.8 Å². The van der Waals surface area contributed by atoms with Crippen molar-refractivity contribution in [2.24, 2.45) is 34.0 Å². The highest BCUT2D eigenvalue weighted by Gasteiger charge is 2.55. The number of amides is 3. The lowest BCUT2D eigenvalue weighted by Gasteiger charge is -2.46. The number of ether oxygens (including phenoxy) is 3. The monoisotopic (exact) mass is 722 g/mol. The van der Waals surface area contributed by atoms with Gasteiger partial charge >= 0.3 is 6.03 Å². The Morgan fingerprint density at radius 3 is 2.76 bits per heavy atom. The van der Waals surface area contributed by atoms with E-state index in [1.807, 2.05) is 25.1 Å². The summed E-state index contributed by atoms with van der Waals surface area (Å²) in [6, 6.07) is 11.0. The number of carbonyl (C=O) groups excluding carboxylic acids is 2. The summed E-state index contributed by atoms with van der Waals surface area (Å²) in [7, 11) is -1.70. The summed E-state index contributed by atoms with van der Waals surface area (Å²) in [5, 5.41) is 3.69. The summed E-state index contributed by atoms with van der Waals surface area (Å²) >= 11 is 6.45. The summed E-state index contributed by atoms with van der Waals surface area (Å²) in [5.41, 5.74) is 3.45. The molecule has 0 radical (unpaired) electrons. The van der Waals surface area contributed by atoms with Gasteiger partial charge in [-0.25, -0.2) is 9.00 Å². The van der Waals surface area contributed by atoms with E-state index in [1.165, 1.54) is 11.1 Å². The van der Waals surface area contributed by atoms with Crippen molar-refractivity contribution in [3.05, 3.63) is 70.3 Å². The number of urea groups is 1. The molecule has 12 heteroatoms. The average molecular weight is 723 g/mol. The van der Waals surface area contributed by atoms with Gasteiger partial charge in [-0.15, -0.1) is 4.36 Å². The second kappa shape index (κ2) is 13.5. The lowest BCUT2D eigenvalue weighted by atomic mass is 9.68. The van der Waals surface area contributed by atoms with Crippen LogP contribution in [0.3, 0.4) is 0 Å². The van der Waals surface area contributed by atoms with E-state index in [0.717, 1.165) is 55.9 Å². The highest BCUT2D eigenvalue weighted by molar-refractivity contribution is 7.92. The molecule has 2 saturated carbocycles. The second-order valence-corrected chi connectivity index (χ2v) is 17.9. The molecule has 3 aliphatic carbocycles. The zero-order valence-corrected chi connectivity index (χ0v) is 30.3. The van der Waals surface area contributed by atoms with Crippen LogP contribution in [-0.2, 0) is 31.2 Å². The standard InChI is InChI=1S/C38H47ClN4O6S/c1-23-5-3-7-33(47-2)28-11-8-26(28)17-43-21-38(14-4-6-24-15-27(39)10-12-31(24)38)22-49-34-13-9-25(16-32(34)43)36(44)41-50(46,20-23)42-37(45)40-35-29-18-48-19-30(29)35/h3,7,9-10,12-13,15-16,23,26,28-30,33,35H,4-6,8,11,14,17-22H2,1-2H3,(H2,40,41,42,44,45,46)/b7-3+/t23-,26-,28+,29-,30+,33-,35-,38-,50-/m0/s1. The number of rotatable bonds is 3. The topological polar surface area (TPSA) is 119 Å². The molecule has 1 spiro atoms. The first kappa shape index (κ1) is 34.0. The molecule has 50 heavy (non-hydrogen) atoms. The molecule has 3 aliphatic heterocycles. The number of benzene rings is 2. The van der Waals surface area contributed by atoms with Gasteiger partial charge in [-0.2, -0.15) is 0 Å². The third-order valence-corrected chi connectivity index (χ3v) is 14.2. The Labute approximate surface area is 299 Å². The summed E-state index contributed by atoms with van der Waals surface area (Å²) in [4.78, 5) is 29.5. The second-order valence-electron chi connectivity index (χ2n) is 15.4. The van der Waals surface area contributed by atoms with Crippen LogP contribution in [0.2, 0.25) is 5.02 Å². The van der Waals surface area contributed by atoms with Crippen LogP contribution < -0.4 is 19.7 Å². The van der Waals surface area contributed by atoms with Gasteiger partial charge in [0, 0.05) is 54.1 Å². The van der Waals surface area contributed by atoms with Gasteiger partial charge in [-0.1, -0.05) is 36.7 Å². The molecule has 268 valence electrons. The van der Waals surface area contributed by atoms with Crippen molar-refractivity contribution >= 4 is 39.1 Å². The SMILES string of the molecule is CO[C@H]1/C=C/C[C@H](C)C[S@@](=O)(NC(=O)N[C@@H]2[C@@H]3COC[C@@H]32)=NC(=O)c2ccc3c(c2)N(C[C@@H]2CC[C@H]21)C[C@@]1(CCCc2cc(Cl)ccc21)CO3. The molecule has 3 heterocycles. The Bertz CT molecular complexity index is 1820. The smallest absolute Gasteiger partial charge is 0.327 e. The summed E-state index contributed by atoms with van der Waals surface area (Å²) in [6.07, 6.45) is 9.96. The van der Waals surface area contributed by atoms with Crippen molar-refractivity contribution in [3.63, 3.8) is 0 Å². The Balaban J connectivity index is 1.16. The average Bonchev–Trinajstić information content (AvgIpc) is 3.50. The summed E-state index contributed by atoms with van der Waals surface area (Å²) in [6.45, 7) is 5.22. The first-order valence-electron chi connectivity index (χ1n) is 18.1. The Kier molecular flexibility index (Phi) is 9.15. The highest BCUT2D eigenvalue weighted by Crippen LogP contribution is 2.47. The molecule has 2 aromatic rings. The van der Waals surface area contributed by atoms with Gasteiger partial charge in [0.1, 0.15) is 15.7 Å².